The highest BCUT2D eigenvalue weighted by Gasteiger charge is 2.08. The van der Waals surface area contributed by atoms with E-state index in [0.29, 0.717) is 30.5 Å². The molecule has 0 spiro atoms. The van der Waals surface area contributed by atoms with Gasteiger partial charge in [-0.15, -0.1) is 0 Å². The minimum atomic E-state index is -0.294. The van der Waals surface area contributed by atoms with Crippen molar-refractivity contribution >= 4 is 17.4 Å². The first-order chi connectivity index (χ1) is 11.7. The highest BCUT2D eigenvalue weighted by Crippen LogP contribution is 2.30. The number of nitrogens with one attached hydrogen (secondary N) is 2. The third-order valence-electron chi connectivity index (χ3n) is 3.13. The molecule has 1 heterocycles. The fourth-order valence-electron chi connectivity index (χ4n) is 1.93. The summed E-state index contributed by atoms with van der Waals surface area (Å²) in [5.41, 5.74) is 1.00. The van der Waals surface area contributed by atoms with Crippen molar-refractivity contribution in [1.29, 1.82) is 0 Å². The van der Waals surface area contributed by atoms with E-state index in [1.807, 2.05) is 6.07 Å². The molecule has 0 bridgehead atoms. The van der Waals surface area contributed by atoms with Crippen LogP contribution in [0.4, 0.5) is 11.5 Å². The molecule has 0 aliphatic carbocycles. The van der Waals surface area contributed by atoms with Crippen molar-refractivity contribution in [2.45, 2.75) is 0 Å². The van der Waals surface area contributed by atoms with Crippen LogP contribution in [-0.4, -0.2) is 50.4 Å². The predicted molar refractivity (Wildman–Crippen MR) is 89.1 cm³/mol. The molecule has 1 aromatic heterocycles. The Balaban J connectivity index is 2.02. The molecule has 0 radical (unpaired) electrons. The van der Waals surface area contributed by atoms with Gasteiger partial charge in [0.25, 0.3) is 5.91 Å². The zero-order valence-corrected chi connectivity index (χ0v) is 13.8. The van der Waals surface area contributed by atoms with E-state index in [9.17, 15) is 4.79 Å². The first-order valence-electron chi connectivity index (χ1n) is 7.26. The van der Waals surface area contributed by atoms with E-state index in [4.69, 9.17) is 14.2 Å². The summed E-state index contributed by atoms with van der Waals surface area (Å²) < 4.78 is 15.3. The lowest BCUT2D eigenvalue weighted by molar-refractivity contribution is 0.0932. The second-order valence-electron chi connectivity index (χ2n) is 4.73. The number of benzene rings is 1. The van der Waals surface area contributed by atoms with Gasteiger partial charge in [0.05, 0.1) is 33.2 Å². The summed E-state index contributed by atoms with van der Waals surface area (Å²) >= 11 is 0. The number of carbonyl (C=O) groups excluding carboxylic acids is 1. The van der Waals surface area contributed by atoms with Gasteiger partial charge in [-0.1, -0.05) is 0 Å². The molecule has 128 valence electrons. The van der Waals surface area contributed by atoms with Crippen LogP contribution in [0.25, 0.3) is 0 Å². The van der Waals surface area contributed by atoms with Crippen molar-refractivity contribution in [1.82, 2.24) is 15.3 Å². The van der Waals surface area contributed by atoms with Gasteiger partial charge in [-0.05, 0) is 12.1 Å². The quantitative estimate of drug-likeness (QED) is 0.709. The normalized spacial score (nSPS) is 10.1. The fourth-order valence-corrected chi connectivity index (χ4v) is 1.93. The maximum absolute atomic E-state index is 11.8. The number of amides is 1. The number of rotatable bonds is 8. The highest BCUT2D eigenvalue weighted by molar-refractivity contribution is 5.92. The Bertz CT molecular complexity index is 676. The Labute approximate surface area is 140 Å². The molecule has 0 aliphatic rings. The molecule has 2 N–H and O–H groups in total. The van der Waals surface area contributed by atoms with Crippen LogP contribution in [0.3, 0.4) is 0 Å². The summed E-state index contributed by atoms with van der Waals surface area (Å²) in [6.07, 6.45) is 2.90. The van der Waals surface area contributed by atoms with Crippen molar-refractivity contribution in [3.63, 3.8) is 0 Å². The summed E-state index contributed by atoms with van der Waals surface area (Å²) in [5, 5.41) is 5.77. The largest absolute Gasteiger partial charge is 0.493 e. The Morgan fingerprint density at radius 3 is 2.50 bits per heavy atom. The monoisotopic (exact) mass is 332 g/mol. The van der Waals surface area contributed by atoms with Crippen LogP contribution in [0.1, 0.15) is 10.5 Å². The van der Waals surface area contributed by atoms with Crippen LogP contribution in [0.2, 0.25) is 0 Å². The zero-order chi connectivity index (χ0) is 17.4. The van der Waals surface area contributed by atoms with E-state index >= 15 is 0 Å². The Kier molecular flexibility index (Phi) is 6.32. The summed E-state index contributed by atoms with van der Waals surface area (Å²) in [4.78, 5) is 20.1. The number of carbonyl (C=O) groups is 1. The summed E-state index contributed by atoms with van der Waals surface area (Å²) in [7, 11) is 4.71. The van der Waals surface area contributed by atoms with Crippen LogP contribution in [-0.2, 0) is 4.74 Å². The first-order valence-corrected chi connectivity index (χ1v) is 7.26. The van der Waals surface area contributed by atoms with E-state index in [2.05, 4.69) is 20.6 Å². The first kappa shape index (κ1) is 17.5. The van der Waals surface area contributed by atoms with Crippen LogP contribution in [0.5, 0.6) is 11.5 Å². The minimum Gasteiger partial charge on any atom is -0.493 e. The summed E-state index contributed by atoms with van der Waals surface area (Å²) in [6, 6.07) is 5.40. The molecule has 0 saturated carbocycles. The van der Waals surface area contributed by atoms with Crippen LogP contribution >= 0.6 is 0 Å². The van der Waals surface area contributed by atoms with Crippen LogP contribution < -0.4 is 20.1 Å². The number of anilines is 2. The number of ether oxygens (including phenoxy) is 3. The molecule has 1 amide bonds. The average molecular weight is 332 g/mol. The number of methoxy groups -OCH3 is 3. The molecule has 0 atom stereocenters. The molecule has 0 aliphatic heterocycles. The molecule has 0 unspecified atom stereocenters. The van der Waals surface area contributed by atoms with E-state index in [1.165, 1.54) is 12.4 Å². The topological polar surface area (TPSA) is 94.6 Å². The smallest absolute Gasteiger partial charge is 0.271 e. The Morgan fingerprint density at radius 1 is 1.08 bits per heavy atom. The Morgan fingerprint density at radius 2 is 1.88 bits per heavy atom. The predicted octanol–water partition coefficient (Wildman–Crippen LogP) is 1.61. The molecular formula is C16H20N4O4. The van der Waals surface area contributed by atoms with Gasteiger partial charge in [-0.2, -0.15) is 0 Å². The third-order valence-corrected chi connectivity index (χ3v) is 3.13. The zero-order valence-electron chi connectivity index (χ0n) is 13.8. The molecule has 8 heteroatoms. The second-order valence-corrected chi connectivity index (χ2v) is 4.73. The molecular weight excluding hydrogens is 312 g/mol. The maximum Gasteiger partial charge on any atom is 0.271 e. The maximum atomic E-state index is 11.8. The standard InChI is InChI=1S/C16H20N4O4/c1-22-7-6-17-16(21)12-9-19-15(10-18-12)20-11-4-5-13(23-2)14(8-11)24-3/h4-5,8-10H,6-7H2,1-3H3,(H,17,21)(H,19,20). The molecule has 1 aromatic carbocycles. The minimum absolute atomic E-state index is 0.240. The lowest BCUT2D eigenvalue weighted by atomic mass is 10.2. The van der Waals surface area contributed by atoms with Gasteiger partial charge in [0.2, 0.25) is 0 Å². The highest BCUT2D eigenvalue weighted by atomic mass is 16.5. The number of hydrogen-bond donors (Lipinski definition) is 2. The molecule has 0 saturated heterocycles. The summed E-state index contributed by atoms with van der Waals surface area (Å²) in [5.74, 6) is 1.45. The van der Waals surface area contributed by atoms with Crippen molar-refractivity contribution in [2.75, 3.05) is 39.8 Å². The fraction of sp³-hybridized carbons (Fsp3) is 0.312. The Hall–Kier alpha value is -2.87. The SMILES string of the molecule is COCCNC(=O)c1cnc(Nc2ccc(OC)c(OC)c2)cn1. The molecule has 0 fully saturated rings. The summed E-state index contributed by atoms with van der Waals surface area (Å²) in [6.45, 7) is 0.862. The average Bonchev–Trinajstić information content (AvgIpc) is 2.62. The van der Waals surface area contributed by atoms with Gasteiger partial charge in [-0.3, -0.25) is 4.79 Å². The van der Waals surface area contributed by atoms with Crippen molar-refractivity contribution < 1.29 is 19.0 Å². The van der Waals surface area contributed by atoms with Gasteiger partial charge < -0.3 is 24.8 Å². The van der Waals surface area contributed by atoms with Gasteiger partial charge in [0, 0.05) is 25.4 Å². The molecule has 2 aromatic rings. The van der Waals surface area contributed by atoms with Crippen molar-refractivity contribution in [2.24, 2.45) is 0 Å². The van der Waals surface area contributed by atoms with Gasteiger partial charge in [-0.25, -0.2) is 9.97 Å². The lowest BCUT2D eigenvalue weighted by Crippen LogP contribution is -2.27. The van der Waals surface area contributed by atoms with E-state index in [1.54, 1.807) is 33.5 Å². The molecule has 8 nitrogen and oxygen atoms in total. The molecule has 24 heavy (non-hydrogen) atoms. The number of hydrogen-bond acceptors (Lipinski definition) is 7. The second kappa shape index (κ2) is 8.68. The van der Waals surface area contributed by atoms with Gasteiger partial charge in [0.15, 0.2) is 11.5 Å². The molecule has 2 rings (SSSR count). The van der Waals surface area contributed by atoms with Crippen LogP contribution in [0.15, 0.2) is 30.6 Å². The third kappa shape index (κ3) is 4.56. The van der Waals surface area contributed by atoms with Crippen molar-refractivity contribution in [3.8, 4) is 11.5 Å². The van der Waals surface area contributed by atoms with E-state index < -0.39 is 0 Å². The van der Waals surface area contributed by atoms with Gasteiger partial charge >= 0.3 is 0 Å². The van der Waals surface area contributed by atoms with Gasteiger partial charge in [0.1, 0.15) is 11.5 Å². The lowest BCUT2D eigenvalue weighted by Gasteiger charge is -2.11. The van der Waals surface area contributed by atoms with E-state index in [0.717, 1.165) is 5.69 Å². The van der Waals surface area contributed by atoms with Crippen molar-refractivity contribution in [3.05, 3.63) is 36.3 Å². The number of aromatic nitrogens is 2. The van der Waals surface area contributed by atoms with Crippen LogP contribution in [0, 0.1) is 0 Å². The number of nitrogens with zero attached hydrogens (tertiary/aromatic N) is 2. The van der Waals surface area contributed by atoms with E-state index in [-0.39, 0.29) is 11.6 Å².